The van der Waals surface area contributed by atoms with Crippen LogP contribution in [0.2, 0.25) is 0 Å². The molecule has 1 aliphatic heterocycles. The van der Waals surface area contributed by atoms with Crippen LogP contribution in [0.4, 0.5) is 13.2 Å². The van der Waals surface area contributed by atoms with E-state index in [1.54, 1.807) is 17.5 Å². The molecule has 7 heteroatoms. The van der Waals surface area contributed by atoms with Gasteiger partial charge in [-0.3, -0.25) is 4.90 Å². The zero-order valence-electron chi connectivity index (χ0n) is 13.8. The van der Waals surface area contributed by atoms with Crippen LogP contribution in [0.3, 0.4) is 0 Å². The molecule has 0 spiro atoms. The fraction of sp³-hybridized carbons (Fsp3) is 0.263. The van der Waals surface area contributed by atoms with Crippen LogP contribution in [-0.4, -0.2) is 21.4 Å². The molecule has 0 N–H and O–H groups in total. The summed E-state index contributed by atoms with van der Waals surface area (Å²) < 4.78 is 38.1. The highest BCUT2D eigenvalue weighted by Gasteiger charge is 2.30. The summed E-state index contributed by atoms with van der Waals surface area (Å²) in [6.07, 6.45) is -1.65. The van der Waals surface area contributed by atoms with E-state index in [0.29, 0.717) is 11.4 Å². The number of halogens is 3. The Balaban J connectivity index is 1.55. The number of rotatable bonds is 3. The Bertz CT molecular complexity index is 889. The summed E-state index contributed by atoms with van der Waals surface area (Å²) >= 11 is 1.68. The van der Waals surface area contributed by atoms with Crippen LogP contribution < -0.4 is 0 Å². The first-order valence-corrected chi connectivity index (χ1v) is 9.19. The summed E-state index contributed by atoms with van der Waals surface area (Å²) in [7, 11) is 0. The van der Waals surface area contributed by atoms with E-state index >= 15 is 0 Å². The van der Waals surface area contributed by atoms with Crippen LogP contribution in [0.1, 0.15) is 22.4 Å². The maximum Gasteiger partial charge on any atom is 0.416 e. The van der Waals surface area contributed by atoms with E-state index in [4.69, 9.17) is 0 Å². The Morgan fingerprint density at radius 1 is 1.12 bits per heavy atom. The van der Waals surface area contributed by atoms with Gasteiger partial charge in [0.1, 0.15) is 0 Å². The molecule has 0 saturated carbocycles. The lowest BCUT2D eigenvalue weighted by Gasteiger charge is -2.27. The smallest absolute Gasteiger partial charge is 0.293 e. The van der Waals surface area contributed by atoms with Gasteiger partial charge in [0.2, 0.25) is 0 Å². The molecule has 1 aliphatic rings. The Morgan fingerprint density at radius 2 is 1.92 bits per heavy atom. The summed E-state index contributed by atoms with van der Waals surface area (Å²) in [5.74, 6) is 0.467. The molecule has 0 radical (unpaired) electrons. The fourth-order valence-electron chi connectivity index (χ4n) is 3.08. The molecule has 0 bridgehead atoms. The summed E-state index contributed by atoms with van der Waals surface area (Å²) in [5.41, 5.74) is 3.28. The molecule has 0 saturated heterocycles. The lowest BCUT2D eigenvalue weighted by molar-refractivity contribution is -0.137. The second kappa shape index (κ2) is 6.81. The second-order valence-electron chi connectivity index (χ2n) is 6.33. The largest absolute Gasteiger partial charge is 0.416 e. The number of hydrogen-bond acceptors (Lipinski definition) is 4. The van der Waals surface area contributed by atoms with Crippen LogP contribution in [0.25, 0.3) is 11.4 Å². The SMILES string of the molecule is FC(F)(F)c1ccc(-c2ncc3c(n2)CN(Cc2ccsc2)CC3)cc1. The van der Waals surface area contributed by atoms with Gasteiger partial charge in [0, 0.05) is 31.4 Å². The monoisotopic (exact) mass is 375 g/mol. The van der Waals surface area contributed by atoms with Gasteiger partial charge in [0.15, 0.2) is 5.82 Å². The number of fused-ring (bicyclic) bond motifs is 1. The summed E-state index contributed by atoms with van der Waals surface area (Å²) in [6, 6.07) is 7.11. The molecular formula is C19H16F3N3S. The topological polar surface area (TPSA) is 29.0 Å². The minimum atomic E-state index is -4.34. The minimum absolute atomic E-state index is 0.467. The van der Waals surface area contributed by atoms with Crippen molar-refractivity contribution >= 4 is 11.3 Å². The van der Waals surface area contributed by atoms with E-state index in [2.05, 4.69) is 31.7 Å². The molecule has 0 atom stereocenters. The Hall–Kier alpha value is -2.25. The first kappa shape index (κ1) is 17.2. The molecule has 0 unspecified atom stereocenters. The van der Waals surface area contributed by atoms with Crippen molar-refractivity contribution in [2.45, 2.75) is 25.7 Å². The van der Waals surface area contributed by atoms with Crippen LogP contribution >= 0.6 is 11.3 Å². The van der Waals surface area contributed by atoms with Gasteiger partial charge in [-0.25, -0.2) is 9.97 Å². The molecule has 0 amide bonds. The van der Waals surface area contributed by atoms with Crippen LogP contribution in [0.5, 0.6) is 0 Å². The molecule has 2 aromatic heterocycles. The molecular weight excluding hydrogens is 359 g/mol. The van der Waals surface area contributed by atoms with Crippen molar-refractivity contribution < 1.29 is 13.2 Å². The lowest BCUT2D eigenvalue weighted by atomic mass is 10.1. The molecule has 0 fully saturated rings. The van der Waals surface area contributed by atoms with Gasteiger partial charge in [0.05, 0.1) is 11.3 Å². The first-order chi connectivity index (χ1) is 12.5. The highest BCUT2D eigenvalue weighted by molar-refractivity contribution is 7.07. The molecule has 1 aromatic carbocycles. The van der Waals surface area contributed by atoms with E-state index < -0.39 is 11.7 Å². The second-order valence-corrected chi connectivity index (χ2v) is 7.11. The van der Waals surface area contributed by atoms with Crippen molar-refractivity contribution in [2.75, 3.05) is 6.54 Å². The predicted molar refractivity (Wildman–Crippen MR) is 94.6 cm³/mol. The minimum Gasteiger partial charge on any atom is -0.293 e. The predicted octanol–water partition coefficient (Wildman–Crippen LogP) is 4.78. The quantitative estimate of drug-likeness (QED) is 0.660. The number of aromatic nitrogens is 2. The van der Waals surface area contributed by atoms with Crippen molar-refractivity contribution in [2.24, 2.45) is 0 Å². The highest BCUT2D eigenvalue weighted by Crippen LogP contribution is 2.30. The third-order valence-electron chi connectivity index (χ3n) is 4.48. The van der Waals surface area contributed by atoms with E-state index in [-0.39, 0.29) is 0 Å². The van der Waals surface area contributed by atoms with Crippen molar-refractivity contribution in [3.63, 3.8) is 0 Å². The average molecular weight is 375 g/mol. The zero-order chi connectivity index (χ0) is 18.1. The van der Waals surface area contributed by atoms with E-state index in [1.165, 1.54) is 17.7 Å². The van der Waals surface area contributed by atoms with Gasteiger partial charge in [-0.2, -0.15) is 24.5 Å². The summed E-state index contributed by atoms with van der Waals surface area (Å²) in [6.45, 7) is 2.55. The van der Waals surface area contributed by atoms with Gasteiger partial charge in [0.25, 0.3) is 0 Å². The number of hydrogen-bond donors (Lipinski definition) is 0. The molecule has 134 valence electrons. The third-order valence-corrected chi connectivity index (χ3v) is 5.21. The van der Waals surface area contributed by atoms with E-state index in [1.807, 2.05) is 0 Å². The summed E-state index contributed by atoms with van der Waals surface area (Å²) in [4.78, 5) is 11.3. The maximum atomic E-state index is 12.7. The van der Waals surface area contributed by atoms with E-state index in [0.717, 1.165) is 49.4 Å². The maximum absolute atomic E-state index is 12.7. The molecule has 4 rings (SSSR count). The molecule has 3 nitrogen and oxygen atoms in total. The third kappa shape index (κ3) is 3.64. The van der Waals surface area contributed by atoms with Crippen molar-refractivity contribution in [3.05, 3.63) is 69.7 Å². The Morgan fingerprint density at radius 3 is 2.62 bits per heavy atom. The summed E-state index contributed by atoms with van der Waals surface area (Å²) in [5, 5.41) is 4.21. The first-order valence-electron chi connectivity index (χ1n) is 8.25. The number of benzene rings is 1. The van der Waals surface area contributed by atoms with Gasteiger partial charge in [-0.15, -0.1) is 0 Å². The Kier molecular flexibility index (Phi) is 4.50. The molecule has 3 aromatic rings. The van der Waals surface area contributed by atoms with Crippen molar-refractivity contribution in [1.29, 1.82) is 0 Å². The van der Waals surface area contributed by atoms with Gasteiger partial charge in [-0.1, -0.05) is 12.1 Å². The van der Waals surface area contributed by atoms with Gasteiger partial charge >= 0.3 is 6.18 Å². The Labute approximate surface area is 153 Å². The van der Waals surface area contributed by atoms with Crippen LogP contribution in [0.15, 0.2) is 47.3 Å². The van der Waals surface area contributed by atoms with Crippen molar-refractivity contribution in [1.82, 2.24) is 14.9 Å². The standard InChI is InChI=1S/C19H16F3N3S/c20-19(21,22)16-3-1-14(2-4-16)18-23-9-15-5-7-25(11-17(15)24-18)10-13-6-8-26-12-13/h1-4,6,8-9,12H,5,7,10-11H2. The lowest BCUT2D eigenvalue weighted by Crippen LogP contribution is -2.30. The highest BCUT2D eigenvalue weighted by atomic mass is 32.1. The van der Waals surface area contributed by atoms with Crippen LogP contribution in [0, 0.1) is 0 Å². The van der Waals surface area contributed by atoms with Crippen LogP contribution in [-0.2, 0) is 25.7 Å². The van der Waals surface area contributed by atoms with Gasteiger partial charge in [-0.05, 0) is 46.5 Å². The molecule has 26 heavy (non-hydrogen) atoms. The zero-order valence-corrected chi connectivity index (χ0v) is 14.6. The van der Waals surface area contributed by atoms with Gasteiger partial charge < -0.3 is 0 Å². The molecule has 3 heterocycles. The number of thiophene rings is 1. The average Bonchev–Trinajstić information content (AvgIpc) is 3.13. The normalized spacial score (nSPS) is 15.0. The fourth-order valence-corrected chi connectivity index (χ4v) is 3.74. The van der Waals surface area contributed by atoms with Crippen molar-refractivity contribution in [3.8, 4) is 11.4 Å². The molecule has 0 aliphatic carbocycles. The number of alkyl halides is 3. The van der Waals surface area contributed by atoms with E-state index in [9.17, 15) is 13.2 Å². The number of nitrogens with zero attached hydrogens (tertiary/aromatic N) is 3.